The molecule has 1 aromatic carbocycles. The molecule has 24 heavy (non-hydrogen) atoms. The molecule has 1 aliphatic rings. The number of ether oxygens (including phenoxy) is 1. The highest BCUT2D eigenvalue weighted by Gasteiger charge is 2.32. The smallest absolute Gasteiger partial charge is 0.338 e. The second-order valence-corrected chi connectivity index (χ2v) is 5.81. The van der Waals surface area contributed by atoms with E-state index in [1.54, 1.807) is 48.8 Å². The molecular weight excluding hydrogens is 306 g/mol. The predicted molar refractivity (Wildman–Crippen MR) is 89.4 cm³/mol. The van der Waals surface area contributed by atoms with E-state index < -0.39 is 5.97 Å². The Labute approximate surface area is 140 Å². The van der Waals surface area contributed by atoms with Crippen LogP contribution < -0.4 is 11.1 Å². The molecule has 0 unspecified atom stereocenters. The van der Waals surface area contributed by atoms with Crippen LogP contribution in [0.15, 0.2) is 48.8 Å². The zero-order chi connectivity index (χ0) is 16.9. The predicted octanol–water partition coefficient (Wildman–Crippen LogP) is 2.17. The van der Waals surface area contributed by atoms with Crippen LogP contribution in [0.1, 0.15) is 40.0 Å². The summed E-state index contributed by atoms with van der Waals surface area (Å²) in [6.45, 7) is 0. The van der Waals surface area contributed by atoms with Crippen LogP contribution in [-0.2, 0) is 4.74 Å². The van der Waals surface area contributed by atoms with Gasteiger partial charge < -0.3 is 15.8 Å². The molecule has 1 amide bonds. The first-order valence-electron chi connectivity index (χ1n) is 7.91. The van der Waals surface area contributed by atoms with Gasteiger partial charge in [-0.25, -0.2) is 4.79 Å². The molecule has 2 atom stereocenters. The van der Waals surface area contributed by atoms with Gasteiger partial charge in [0, 0.05) is 23.6 Å². The van der Waals surface area contributed by atoms with Gasteiger partial charge in [0.15, 0.2) is 0 Å². The average Bonchev–Trinajstić information content (AvgIpc) is 3.03. The third-order valence-corrected chi connectivity index (χ3v) is 4.12. The first-order valence-corrected chi connectivity index (χ1v) is 7.91. The molecule has 1 fully saturated rings. The van der Waals surface area contributed by atoms with Gasteiger partial charge in [0.25, 0.3) is 5.91 Å². The number of esters is 1. The molecule has 3 rings (SSSR count). The first-order chi connectivity index (χ1) is 11.6. The van der Waals surface area contributed by atoms with Gasteiger partial charge in [0.1, 0.15) is 6.10 Å². The van der Waals surface area contributed by atoms with Crippen LogP contribution in [0.3, 0.4) is 0 Å². The molecule has 0 spiro atoms. The van der Waals surface area contributed by atoms with E-state index in [1.807, 2.05) is 0 Å². The molecule has 1 saturated carbocycles. The van der Waals surface area contributed by atoms with Crippen molar-refractivity contribution in [3.05, 3.63) is 59.9 Å². The second kappa shape index (κ2) is 7.12. The minimum Gasteiger partial charge on any atom is -0.457 e. The molecule has 6 heteroatoms. The zero-order valence-corrected chi connectivity index (χ0v) is 13.1. The largest absolute Gasteiger partial charge is 0.457 e. The summed E-state index contributed by atoms with van der Waals surface area (Å²) in [5.74, 6) is -0.581. The van der Waals surface area contributed by atoms with Crippen molar-refractivity contribution in [2.24, 2.45) is 0 Å². The van der Waals surface area contributed by atoms with E-state index in [4.69, 9.17) is 10.5 Å². The van der Waals surface area contributed by atoms with Crippen LogP contribution in [0.2, 0.25) is 0 Å². The molecule has 0 saturated heterocycles. The third-order valence-electron chi connectivity index (χ3n) is 4.12. The number of nitrogens with one attached hydrogen (secondary N) is 1. The van der Waals surface area contributed by atoms with Crippen molar-refractivity contribution in [3.8, 4) is 0 Å². The molecule has 2 aromatic rings. The Morgan fingerprint density at radius 2 is 1.75 bits per heavy atom. The van der Waals surface area contributed by atoms with E-state index in [0.29, 0.717) is 16.8 Å². The molecule has 1 aromatic heterocycles. The Bertz CT molecular complexity index is 716. The molecule has 1 heterocycles. The van der Waals surface area contributed by atoms with Crippen LogP contribution in [0.25, 0.3) is 0 Å². The summed E-state index contributed by atoms with van der Waals surface area (Å²) in [5.41, 5.74) is 7.21. The number of carbonyl (C=O) groups excluding carboxylic acids is 2. The number of nitrogens with two attached hydrogens (primary N) is 1. The SMILES string of the molecule is Nc1ccc(C(=O)O[C@@H]2CCC[C@H]2NC(=O)c2ccncc2)cc1. The van der Waals surface area contributed by atoms with Gasteiger partial charge in [-0.1, -0.05) is 0 Å². The topological polar surface area (TPSA) is 94.3 Å². The van der Waals surface area contributed by atoms with Gasteiger partial charge in [-0.15, -0.1) is 0 Å². The summed E-state index contributed by atoms with van der Waals surface area (Å²) in [7, 11) is 0. The van der Waals surface area contributed by atoms with Crippen molar-refractivity contribution in [1.29, 1.82) is 0 Å². The van der Waals surface area contributed by atoms with Crippen molar-refractivity contribution < 1.29 is 14.3 Å². The lowest BCUT2D eigenvalue weighted by Gasteiger charge is -2.21. The Morgan fingerprint density at radius 1 is 1.04 bits per heavy atom. The molecular formula is C18H19N3O3. The lowest BCUT2D eigenvalue weighted by atomic mass is 10.1. The Kier molecular flexibility index (Phi) is 4.74. The normalized spacial score (nSPS) is 19.7. The monoisotopic (exact) mass is 325 g/mol. The summed E-state index contributed by atoms with van der Waals surface area (Å²) in [6.07, 6.45) is 5.25. The fourth-order valence-electron chi connectivity index (χ4n) is 2.81. The highest BCUT2D eigenvalue weighted by Crippen LogP contribution is 2.24. The van der Waals surface area contributed by atoms with Crippen LogP contribution in [0.4, 0.5) is 5.69 Å². The molecule has 1 aliphatic carbocycles. The number of anilines is 1. The van der Waals surface area contributed by atoms with E-state index in [1.165, 1.54) is 0 Å². The van der Waals surface area contributed by atoms with Gasteiger partial charge in [-0.2, -0.15) is 0 Å². The molecule has 6 nitrogen and oxygen atoms in total. The van der Waals surface area contributed by atoms with Crippen LogP contribution in [-0.4, -0.2) is 29.0 Å². The molecule has 0 bridgehead atoms. The van der Waals surface area contributed by atoms with E-state index in [9.17, 15) is 9.59 Å². The maximum Gasteiger partial charge on any atom is 0.338 e. The quantitative estimate of drug-likeness (QED) is 0.663. The summed E-state index contributed by atoms with van der Waals surface area (Å²) >= 11 is 0. The molecule has 0 radical (unpaired) electrons. The Morgan fingerprint density at radius 3 is 2.46 bits per heavy atom. The van der Waals surface area contributed by atoms with Crippen molar-refractivity contribution in [3.63, 3.8) is 0 Å². The van der Waals surface area contributed by atoms with E-state index in [2.05, 4.69) is 10.3 Å². The number of carbonyl (C=O) groups is 2. The summed E-state index contributed by atoms with van der Waals surface area (Å²) < 4.78 is 5.58. The lowest BCUT2D eigenvalue weighted by molar-refractivity contribution is 0.0250. The van der Waals surface area contributed by atoms with Gasteiger partial charge in [0.2, 0.25) is 0 Å². The van der Waals surface area contributed by atoms with E-state index in [-0.39, 0.29) is 18.1 Å². The average molecular weight is 325 g/mol. The van der Waals surface area contributed by atoms with Crippen molar-refractivity contribution in [1.82, 2.24) is 10.3 Å². The van der Waals surface area contributed by atoms with Gasteiger partial charge in [-0.3, -0.25) is 9.78 Å². The van der Waals surface area contributed by atoms with Gasteiger partial charge in [0.05, 0.1) is 11.6 Å². The fourth-order valence-corrected chi connectivity index (χ4v) is 2.81. The van der Waals surface area contributed by atoms with Crippen molar-refractivity contribution >= 4 is 17.6 Å². The fraction of sp³-hybridized carbons (Fsp3) is 0.278. The van der Waals surface area contributed by atoms with E-state index >= 15 is 0 Å². The highest BCUT2D eigenvalue weighted by molar-refractivity contribution is 5.94. The second-order valence-electron chi connectivity index (χ2n) is 5.81. The maximum absolute atomic E-state index is 12.2. The minimum atomic E-state index is -0.398. The summed E-state index contributed by atoms with van der Waals surface area (Å²) in [5, 5.41) is 2.95. The molecule has 3 N–H and O–H groups in total. The van der Waals surface area contributed by atoms with E-state index in [0.717, 1.165) is 19.3 Å². The number of pyridine rings is 1. The first kappa shape index (κ1) is 16.0. The number of hydrogen-bond donors (Lipinski definition) is 2. The third kappa shape index (κ3) is 3.71. The summed E-state index contributed by atoms with van der Waals surface area (Å²) in [4.78, 5) is 28.4. The minimum absolute atomic E-state index is 0.177. The standard InChI is InChI=1S/C18H19N3O3/c19-14-6-4-13(5-7-14)18(23)24-16-3-1-2-15(16)21-17(22)12-8-10-20-11-9-12/h4-11,15-16H,1-3,19H2,(H,21,22)/t15-,16-/m1/s1. The highest BCUT2D eigenvalue weighted by atomic mass is 16.5. The van der Waals surface area contributed by atoms with Crippen molar-refractivity contribution in [2.75, 3.05) is 5.73 Å². The number of nitrogens with zero attached hydrogens (tertiary/aromatic N) is 1. The molecule has 0 aliphatic heterocycles. The van der Waals surface area contributed by atoms with Crippen LogP contribution in [0, 0.1) is 0 Å². The Balaban J connectivity index is 1.62. The van der Waals surface area contributed by atoms with Gasteiger partial charge in [-0.05, 0) is 55.7 Å². The number of amides is 1. The number of aromatic nitrogens is 1. The van der Waals surface area contributed by atoms with Crippen LogP contribution in [0.5, 0.6) is 0 Å². The number of nitrogen functional groups attached to an aromatic ring is 1. The maximum atomic E-state index is 12.2. The van der Waals surface area contributed by atoms with Gasteiger partial charge >= 0.3 is 5.97 Å². The number of rotatable bonds is 4. The number of hydrogen-bond acceptors (Lipinski definition) is 5. The zero-order valence-electron chi connectivity index (χ0n) is 13.1. The number of benzene rings is 1. The molecule has 124 valence electrons. The van der Waals surface area contributed by atoms with Crippen molar-refractivity contribution in [2.45, 2.75) is 31.4 Å². The van der Waals surface area contributed by atoms with Crippen LogP contribution >= 0.6 is 0 Å². The summed E-state index contributed by atoms with van der Waals surface area (Å²) in [6, 6.07) is 9.72. The Hall–Kier alpha value is -2.89. The lowest BCUT2D eigenvalue weighted by Crippen LogP contribution is -2.41.